The summed E-state index contributed by atoms with van der Waals surface area (Å²) >= 11 is 0. The zero-order valence-electron chi connectivity index (χ0n) is 16.9. The van der Waals surface area contributed by atoms with Crippen molar-refractivity contribution in [1.29, 1.82) is 0 Å². The largest absolute Gasteiger partial charge is 0.512 e. The van der Waals surface area contributed by atoms with Crippen LogP contribution in [0.3, 0.4) is 0 Å². The molecular formula is C24H26IrNO2-. The number of carbonyl (C=O) groups is 1. The van der Waals surface area contributed by atoms with Crippen LogP contribution in [-0.2, 0) is 30.3 Å². The predicted molar refractivity (Wildman–Crippen MR) is 112 cm³/mol. The first-order chi connectivity index (χ1) is 12.7. The van der Waals surface area contributed by atoms with E-state index < -0.39 is 0 Å². The molecule has 1 radical (unpaired) electrons. The monoisotopic (exact) mass is 553 g/mol. The molecular weight excluding hydrogens is 526 g/mol. The SMILES string of the molecule is CC(=O)/C=C(/C)O.CC(C)(C)c1cc[c-]c(-c2nccc3ccccc23)c1.[Ir]. The molecule has 0 aliphatic carbocycles. The molecule has 3 rings (SSSR count). The molecule has 0 saturated carbocycles. The Morgan fingerprint density at radius 2 is 1.79 bits per heavy atom. The summed E-state index contributed by atoms with van der Waals surface area (Å²) in [5.41, 5.74) is 3.51. The van der Waals surface area contributed by atoms with Crippen LogP contribution in [0.1, 0.15) is 40.2 Å². The Labute approximate surface area is 180 Å². The number of hydrogen-bond donors (Lipinski definition) is 1. The zero-order valence-corrected chi connectivity index (χ0v) is 19.3. The maximum atomic E-state index is 10.0. The van der Waals surface area contributed by atoms with E-state index in [0.29, 0.717) is 0 Å². The minimum absolute atomic E-state index is 0. The van der Waals surface area contributed by atoms with Crippen LogP contribution in [0.2, 0.25) is 0 Å². The van der Waals surface area contributed by atoms with E-state index in [1.54, 1.807) is 0 Å². The fraction of sp³-hybridized carbons (Fsp3) is 0.250. The number of rotatable bonds is 2. The van der Waals surface area contributed by atoms with Gasteiger partial charge in [0.05, 0.1) is 5.76 Å². The normalized spacial score (nSPS) is 11.2. The fourth-order valence-electron chi connectivity index (χ4n) is 2.70. The van der Waals surface area contributed by atoms with Crippen molar-refractivity contribution >= 4 is 16.6 Å². The van der Waals surface area contributed by atoms with Crippen molar-refractivity contribution in [2.75, 3.05) is 0 Å². The van der Waals surface area contributed by atoms with Crippen LogP contribution in [-0.4, -0.2) is 15.9 Å². The van der Waals surface area contributed by atoms with Gasteiger partial charge in [0.15, 0.2) is 5.78 Å². The Morgan fingerprint density at radius 1 is 1.11 bits per heavy atom. The van der Waals surface area contributed by atoms with Crippen LogP contribution in [0, 0.1) is 6.07 Å². The van der Waals surface area contributed by atoms with Gasteiger partial charge >= 0.3 is 0 Å². The van der Waals surface area contributed by atoms with E-state index in [4.69, 9.17) is 5.11 Å². The molecule has 0 unspecified atom stereocenters. The number of ketones is 1. The second kappa shape index (κ2) is 10.3. The van der Waals surface area contributed by atoms with Crippen LogP contribution in [0.25, 0.3) is 22.0 Å². The van der Waals surface area contributed by atoms with Crippen molar-refractivity contribution < 1.29 is 30.0 Å². The van der Waals surface area contributed by atoms with Gasteiger partial charge in [-0.15, -0.1) is 35.4 Å². The van der Waals surface area contributed by atoms with Gasteiger partial charge in [0.1, 0.15) is 0 Å². The summed E-state index contributed by atoms with van der Waals surface area (Å²) in [4.78, 5) is 14.6. The Bertz CT molecular complexity index is 962. The van der Waals surface area contributed by atoms with Crippen LogP contribution in [0.4, 0.5) is 0 Å². The molecule has 2 aromatic carbocycles. The van der Waals surface area contributed by atoms with Crippen LogP contribution in [0.5, 0.6) is 0 Å². The van der Waals surface area contributed by atoms with E-state index in [1.807, 2.05) is 18.3 Å². The number of hydrogen-bond acceptors (Lipinski definition) is 3. The molecule has 0 bridgehead atoms. The number of aliphatic hydroxyl groups excluding tert-OH is 1. The second-order valence-electron chi connectivity index (χ2n) is 7.52. The Balaban J connectivity index is 0.000000425. The number of aromatic nitrogens is 1. The average molecular weight is 553 g/mol. The maximum Gasteiger partial charge on any atom is 0.155 e. The summed E-state index contributed by atoms with van der Waals surface area (Å²) in [6.45, 7) is 9.52. The molecule has 0 amide bonds. The summed E-state index contributed by atoms with van der Waals surface area (Å²) in [5, 5.41) is 10.8. The first-order valence-electron chi connectivity index (χ1n) is 8.92. The number of allylic oxidation sites excluding steroid dienone is 2. The summed E-state index contributed by atoms with van der Waals surface area (Å²) < 4.78 is 0. The number of pyridine rings is 1. The van der Waals surface area contributed by atoms with E-state index in [1.165, 1.54) is 36.3 Å². The number of fused-ring (bicyclic) bond motifs is 1. The topological polar surface area (TPSA) is 50.2 Å². The van der Waals surface area contributed by atoms with Gasteiger partial charge in [-0.3, -0.25) is 4.79 Å². The van der Waals surface area contributed by atoms with Gasteiger partial charge in [0, 0.05) is 32.4 Å². The van der Waals surface area contributed by atoms with Crippen molar-refractivity contribution in [3.63, 3.8) is 0 Å². The van der Waals surface area contributed by atoms with E-state index in [9.17, 15) is 4.79 Å². The quantitative estimate of drug-likeness (QED) is 0.240. The first kappa shape index (κ1) is 23.7. The third-order valence-electron chi connectivity index (χ3n) is 4.01. The van der Waals surface area contributed by atoms with Crippen LogP contribution in [0.15, 0.2) is 66.6 Å². The Hall–Kier alpha value is -2.29. The van der Waals surface area contributed by atoms with E-state index in [2.05, 4.69) is 68.2 Å². The van der Waals surface area contributed by atoms with Crippen molar-refractivity contribution in [2.45, 2.75) is 40.0 Å². The molecule has 0 aliphatic heterocycles. The Kier molecular flexibility index (Phi) is 8.74. The van der Waals surface area contributed by atoms with E-state index in [0.717, 1.165) is 11.3 Å². The summed E-state index contributed by atoms with van der Waals surface area (Å²) in [7, 11) is 0. The van der Waals surface area contributed by atoms with Crippen molar-refractivity contribution in [1.82, 2.24) is 4.98 Å². The number of aliphatic hydroxyl groups is 1. The van der Waals surface area contributed by atoms with E-state index >= 15 is 0 Å². The standard InChI is InChI=1S/C19H18N.C5H8O2.Ir/c1-19(2,3)16-9-6-8-15(13-16)18-17-10-5-4-7-14(17)11-12-20-18;1-4(6)3-5(2)7;/h4-7,9-13H,1-3H3;3,6H,1-2H3;/q-1;;/b;4-3-;. The third kappa shape index (κ3) is 6.70. The van der Waals surface area contributed by atoms with Crippen molar-refractivity contribution in [2.24, 2.45) is 0 Å². The predicted octanol–water partition coefficient (Wildman–Crippen LogP) is 6.03. The minimum Gasteiger partial charge on any atom is -0.512 e. The molecule has 3 nitrogen and oxygen atoms in total. The summed E-state index contributed by atoms with van der Waals surface area (Å²) in [6.07, 6.45) is 3.04. The van der Waals surface area contributed by atoms with E-state index in [-0.39, 0.29) is 37.1 Å². The van der Waals surface area contributed by atoms with Gasteiger partial charge in [0.2, 0.25) is 0 Å². The third-order valence-corrected chi connectivity index (χ3v) is 4.01. The molecule has 1 aromatic heterocycles. The summed E-state index contributed by atoms with van der Waals surface area (Å²) in [5.74, 6) is -0.0625. The fourth-order valence-corrected chi connectivity index (χ4v) is 2.70. The van der Waals surface area contributed by atoms with Gasteiger partial charge in [-0.2, -0.15) is 0 Å². The van der Waals surface area contributed by atoms with Gasteiger partial charge in [-0.1, -0.05) is 45.0 Å². The van der Waals surface area contributed by atoms with Crippen molar-refractivity contribution in [3.8, 4) is 11.3 Å². The van der Waals surface area contributed by atoms with Gasteiger partial charge in [0.25, 0.3) is 0 Å². The summed E-state index contributed by atoms with van der Waals surface area (Å²) in [6, 6.07) is 20.1. The number of nitrogens with zero attached hydrogens (tertiary/aromatic N) is 1. The van der Waals surface area contributed by atoms with Crippen LogP contribution < -0.4 is 0 Å². The molecule has 3 aromatic rings. The average Bonchev–Trinajstić information content (AvgIpc) is 2.60. The number of carbonyl (C=O) groups excluding carboxylic acids is 1. The molecule has 0 spiro atoms. The first-order valence-corrected chi connectivity index (χ1v) is 8.92. The minimum atomic E-state index is -0.125. The molecule has 0 aliphatic rings. The number of benzene rings is 2. The zero-order chi connectivity index (χ0) is 20.0. The second-order valence-corrected chi connectivity index (χ2v) is 7.52. The molecule has 1 N–H and O–H groups in total. The van der Waals surface area contributed by atoms with Crippen molar-refractivity contribution in [3.05, 3.63) is 78.2 Å². The maximum absolute atomic E-state index is 10.0. The Morgan fingerprint density at radius 3 is 2.36 bits per heavy atom. The molecule has 28 heavy (non-hydrogen) atoms. The van der Waals surface area contributed by atoms with Crippen LogP contribution >= 0.6 is 0 Å². The molecule has 149 valence electrons. The smallest absolute Gasteiger partial charge is 0.155 e. The molecule has 4 heteroatoms. The molecule has 0 fully saturated rings. The van der Waals surface area contributed by atoms with Gasteiger partial charge in [-0.05, 0) is 41.8 Å². The molecule has 0 saturated heterocycles. The molecule has 1 heterocycles. The van der Waals surface area contributed by atoms with Gasteiger partial charge < -0.3 is 10.1 Å². The van der Waals surface area contributed by atoms with Gasteiger partial charge in [-0.25, -0.2) is 0 Å². The molecule has 0 atom stereocenters.